The lowest BCUT2D eigenvalue weighted by atomic mass is 9.88. The van der Waals surface area contributed by atoms with Gasteiger partial charge in [0.1, 0.15) is 5.78 Å². The highest BCUT2D eigenvalue weighted by Gasteiger charge is 2.48. The van der Waals surface area contributed by atoms with Crippen LogP contribution in [0.4, 0.5) is 0 Å². The number of carbonyl (C=O) groups is 1. The van der Waals surface area contributed by atoms with Gasteiger partial charge in [-0.1, -0.05) is 36.8 Å². The van der Waals surface area contributed by atoms with Crippen molar-refractivity contribution in [2.24, 2.45) is 11.8 Å². The van der Waals surface area contributed by atoms with Crippen molar-refractivity contribution in [3.63, 3.8) is 0 Å². The van der Waals surface area contributed by atoms with E-state index in [0.29, 0.717) is 17.7 Å². The number of rotatable bonds is 2. The van der Waals surface area contributed by atoms with Crippen molar-refractivity contribution in [1.29, 1.82) is 0 Å². The first-order valence-electron chi connectivity index (χ1n) is 7.51. The van der Waals surface area contributed by atoms with Gasteiger partial charge in [0.25, 0.3) is 0 Å². The Kier molecular flexibility index (Phi) is 3.74. The van der Waals surface area contributed by atoms with Gasteiger partial charge in [-0.3, -0.25) is 4.79 Å². The van der Waals surface area contributed by atoms with Crippen LogP contribution >= 0.6 is 0 Å². The summed E-state index contributed by atoms with van der Waals surface area (Å²) >= 11 is 0. The van der Waals surface area contributed by atoms with E-state index in [-0.39, 0.29) is 17.6 Å². The zero-order valence-electron chi connectivity index (χ0n) is 12.0. The van der Waals surface area contributed by atoms with Crippen LogP contribution in [0.1, 0.15) is 32.1 Å². The molecule has 3 nitrogen and oxygen atoms in total. The van der Waals surface area contributed by atoms with Crippen molar-refractivity contribution >= 4 is 15.6 Å². The van der Waals surface area contributed by atoms with Crippen molar-refractivity contribution in [3.05, 3.63) is 42.5 Å². The maximum absolute atomic E-state index is 12.9. The molecule has 3 rings (SSSR count). The first-order valence-corrected chi connectivity index (χ1v) is 9.06. The highest BCUT2D eigenvalue weighted by Crippen LogP contribution is 2.46. The smallest absolute Gasteiger partial charge is 0.181 e. The third-order valence-electron chi connectivity index (χ3n) is 4.84. The van der Waals surface area contributed by atoms with E-state index in [1.807, 2.05) is 6.07 Å². The van der Waals surface area contributed by atoms with Gasteiger partial charge in [0.15, 0.2) is 9.84 Å². The minimum Gasteiger partial charge on any atom is -0.299 e. The molecule has 1 unspecified atom stereocenters. The Hall–Kier alpha value is -1.42. The molecular weight excluding hydrogens is 284 g/mol. The minimum absolute atomic E-state index is 0.0855. The molecule has 0 heterocycles. The van der Waals surface area contributed by atoms with Crippen LogP contribution in [0.2, 0.25) is 0 Å². The quantitative estimate of drug-likeness (QED) is 0.789. The Morgan fingerprint density at radius 3 is 2.52 bits per heavy atom. The third-order valence-corrected chi connectivity index (χ3v) is 7.08. The van der Waals surface area contributed by atoms with Crippen LogP contribution in [-0.2, 0) is 14.6 Å². The van der Waals surface area contributed by atoms with Crippen molar-refractivity contribution in [3.8, 4) is 0 Å². The molecule has 2 fully saturated rings. The van der Waals surface area contributed by atoms with Crippen LogP contribution in [0.3, 0.4) is 0 Å². The average Bonchev–Trinajstić information content (AvgIpc) is 2.69. The van der Waals surface area contributed by atoms with Crippen LogP contribution in [-0.4, -0.2) is 19.5 Å². The number of fused-ring (bicyclic) bond motifs is 1. The number of allylic oxidation sites excluding steroid dienone is 1. The van der Waals surface area contributed by atoms with Gasteiger partial charge in [-0.15, -0.1) is 0 Å². The summed E-state index contributed by atoms with van der Waals surface area (Å²) in [4.78, 5) is 12.6. The first-order chi connectivity index (χ1) is 10.0. The fourth-order valence-electron chi connectivity index (χ4n) is 3.83. The Balaban J connectivity index is 1.99. The summed E-state index contributed by atoms with van der Waals surface area (Å²) in [5.41, 5.74) is 0.816. The van der Waals surface area contributed by atoms with Crippen molar-refractivity contribution < 1.29 is 13.2 Å². The van der Waals surface area contributed by atoms with Crippen LogP contribution in [0.25, 0.3) is 0 Å². The summed E-state index contributed by atoms with van der Waals surface area (Å²) in [6.07, 6.45) is 3.61. The van der Waals surface area contributed by atoms with E-state index in [1.165, 1.54) is 0 Å². The normalized spacial score (nSPS) is 30.0. The molecule has 0 amide bonds. The molecule has 0 radical (unpaired) electrons. The summed E-state index contributed by atoms with van der Waals surface area (Å²) < 4.78 is 25.8. The summed E-state index contributed by atoms with van der Waals surface area (Å²) in [6, 6.07) is 8.58. The lowest BCUT2D eigenvalue weighted by Gasteiger charge is -2.22. The molecule has 1 aromatic carbocycles. The zero-order valence-corrected chi connectivity index (χ0v) is 12.8. The van der Waals surface area contributed by atoms with Gasteiger partial charge in [-0.25, -0.2) is 8.42 Å². The molecule has 4 heteroatoms. The van der Waals surface area contributed by atoms with Crippen molar-refractivity contribution in [2.45, 2.75) is 42.2 Å². The Morgan fingerprint density at radius 2 is 1.81 bits per heavy atom. The van der Waals surface area contributed by atoms with Gasteiger partial charge in [-0.2, -0.15) is 0 Å². The number of carbonyl (C=O) groups excluding carboxylic acids is 1. The molecule has 1 aromatic rings. The van der Waals surface area contributed by atoms with E-state index in [4.69, 9.17) is 0 Å². The summed E-state index contributed by atoms with van der Waals surface area (Å²) in [7, 11) is -3.39. The average molecular weight is 304 g/mol. The molecule has 3 atom stereocenters. The van der Waals surface area contributed by atoms with Crippen LogP contribution in [0.15, 0.2) is 47.4 Å². The summed E-state index contributed by atoms with van der Waals surface area (Å²) in [6.45, 7) is 4.00. The first kappa shape index (κ1) is 14.5. The number of hydrogen-bond acceptors (Lipinski definition) is 3. The van der Waals surface area contributed by atoms with E-state index in [9.17, 15) is 13.2 Å². The Morgan fingerprint density at radius 1 is 1.10 bits per heavy atom. The van der Waals surface area contributed by atoms with Crippen molar-refractivity contribution in [2.75, 3.05) is 0 Å². The highest BCUT2D eigenvalue weighted by molar-refractivity contribution is 7.92. The third kappa shape index (κ3) is 2.46. The number of benzene rings is 1. The van der Waals surface area contributed by atoms with Gasteiger partial charge >= 0.3 is 0 Å². The largest absolute Gasteiger partial charge is 0.299 e. The fourth-order valence-corrected chi connectivity index (χ4v) is 5.91. The van der Waals surface area contributed by atoms with E-state index < -0.39 is 15.1 Å². The Bertz CT molecular complexity index is 661. The molecule has 2 aliphatic carbocycles. The van der Waals surface area contributed by atoms with Gasteiger partial charge in [0, 0.05) is 12.3 Å². The number of Topliss-reactive ketones (excluding diaryl/α,β-unsaturated/α-hetero) is 1. The molecule has 0 aromatic heterocycles. The maximum atomic E-state index is 12.9. The molecule has 2 aliphatic rings. The van der Waals surface area contributed by atoms with Gasteiger partial charge < -0.3 is 0 Å². The SMILES string of the molecule is C=C1C[C@H](S(=O)(=O)c2ccccc2)[C@H]2CCCCC(=O)C12. The molecule has 2 saturated carbocycles. The lowest BCUT2D eigenvalue weighted by Crippen LogP contribution is -2.30. The van der Waals surface area contributed by atoms with Crippen LogP contribution in [0.5, 0.6) is 0 Å². The molecule has 112 valence electrons. The van der Waals surface area contributed by atoms with Crippen LogP contribution in [0, 0.1) is 11.8 Å². The molecule has 0 aliphatic heterocycles. The standard InChI is InChI=1S/C17H20O3S/c1-12-11-16(14-9-5-6-10-15(18)17(12)14)21(19,20)13-7-3-2-4-8-13/h2-4,7-8,14,16-17H,1,5-6,9-11H2/t14-,16+,17?/m1/s1. The molecule has 0 saturated heterocycles. The second kappa shape index (κ2) is 5.41. The Labute approximate surface area is 126 Å². The molecular formula is C17H20O3S. The van der Waals surface area contributed by atoms with E-state index in [0.717, 1.165) is 24.8 Å². The second-order valence-corrected chi connectivity index (χ2v) is 8.28. The fraction of sp³-hybridized carbons (Fsp3) is 0.471. The monoisotopic (exact) mass is 304 g/mol. The highest BCUT2D eigenvalue weighted by atomic mass is 32.2. The maximum Gasteiger partial charge on any atom is 0.181 e. The molecule has 0 N–H and O–H groups in total. The van der Waals surface area contributed by atoms with Gasteiger partial charge in [0.2, 0.25) is 0 Å². The predicted molar refractivity (Wildman–Crippen MR) is 81.6 cm³/mol. The van der Waals surface area contributed by atoms with E-state index in [2.05, 4.69) is 6.58 Å². The molecule has 21 heavy (non-hydrogen) atoms. The summed E-state index contributed by atoms with van der Waals surface area (Å²) in [5.74, 6) is -0.137. The van der Waals surface area contributed by atoms with Gasteiger partial charge in [-0.05, 0) is 37.3 Å². The minimum atomic E-state index is -3.39. The molecule has 0 spiro atoms. The van der Waals surface area contributed by atoms with Crippen molar-refractivity contribution in [1.82, 2.24) is 0 Å². The predicted octanol–water partition coefficient (Wildman–Crippen LogP) is 3.16. The zero-order chi connectivity index (χ0) is 15.0. The molecule has 0 bridgehead atoms. The van der Waals surface area contributed by atoms with Gasteiger partial charge in [0.05, 0.1) is 10.1 Å². The summed E-state index contributed by atoms with van der Waals surface area (Å²) in [5, 5.41) is -0.487. The number of hydrogen-bond donors (Lipinski definition) is 0. The number of sulfone groups is 1. The number of ketones is 1. The lowest BCUT2D eigenvalue weighted by molar-refractivity contribution is -0.122. The second-order valence-electron chi connectivity index (χ2n) is 6.11. The van der Waals surface area contributed by atoms with E-state index in [1.54, 1.807) is 24.3 Å². The van der Waals surface area contributed by atoms with E-state index >= 15 is 0 Å². The topological polar surface area (TPSA) is 51.2 Å². The van der Waals surface area contributed by atoms with Crippen LogP contribution < -0.4 is 0 Å².